The third-order valence-electron chi connectivity index (χ3n) is 3.57. The van der Waals surface area contributed by atoms with Gasteiger partial charge in [-0.25, -0.2) is 0 Å². The fourth-order valence-corrected chi connectivity index (χ4v) is 2.51. The van der Waals surface area contributed by atoms with Crippen molar-refractivity contribution in [2.75, 3.05) is 13.1 Å². The Morgan fingerprint density at radius 2 is 2.30 bits per heavy atom. The van der Waals surface area contributed by atoms with E-state index in [1.165, 1.54) is 6.42 Å². The molecular weight excluding hydrogens is 276 g/mol. The van der Waals surface area contributed by atoms with Crippen molar-refractivity contribution >= 4 is 29.3 Å². The first-order chi connectivity index (χ1) is 9.22. The highest BCUT2D eigenvalue weighted by Gasteiger charge is 2.17. The van der Waals surface area contributed by atoms with Crippen LogP contribution in [-0.2, 0) is 0 Å². The van der Waals surface area contributed by atoms with E-state index in [1.807, 2.05) is 25.1 Å². The van der Waals surface area contributed by atoms with Crippen LogP contribution in [0, 0.1) is 6.92 Å². The van der Waals surface area contributed by atoms with E-state index < -0.39 is 0 Å². The number of hydrogen-bond acceptors (Lipinski definition) is 3. The predicted octanol–water partition coefficient (Wildman–Crippen LogP) is 2.64. The fraction of sp³-hybridized carbons (Fsp3) is 0.400. The van der Waals surface area contributed by atoms with E-state index >= 15 is 0 Å². The summed E-state index contributed by atoms with van der Waals surface area (Å²) in [6.45, 7) is 3.73. The molecule has 1 unspecified atom stereocenters. The van der Waals surface area contributed by atoms with Crippen LogP contribution in [0.15, 0.2) is 28.7 Å². The smallest absolute Gasteiger partial charge is 0.287 e. The lowest BCUT2D eigenvalue weighted by atomic mass is 10.2. The minimum Gasteiger partial charge on any atom is -0.451 e. The fourth-order valence-electron chi connectivity index (χ4n) is 2.51. The van der Waals surface area contributed by atoms with Crippen LogP contribution >= 0.6 is 12.4 Å². The second-order valence-corrected chi connectivity index (χ2v) is 5.16. The van der Waals surface area contributed by atoms with Gasteiger partial charge >= 0.3 is 0 Å². The van der Waals surface area contributed by atoms with E-state index in [0.717, 1.165) is 29.5 Å². The second-order valence-electron chi connectivity index (χ2n) is 5.16. The molecule has 1 aromatic carbocycles. The number of furan rings is 1. The lowest BCUT2D eigenvalue weighted by Gasteiger charge is -2.10. The highest BCUT2D eigenvalue weighted by molar-refractivity contribution is 5.96. The number of aryl methyl sites for hydroxylation is 1. The Hall–Kier alpha value is -1.52. The maximum absolute atomic E-state index is 12.0. The molecule has 3 rings (SSSR count). The lowest BCUT2D eigenvalue weighted by Crippen LogP contribution is -2.36. The molecule has 1 aromatic heterocycles. The van der Waals surface area contributed by atoms with Crippen molar-refractivity contribution in [3.63, 3.8) is 0 Å². The summed E-state index contributed by atoms with van der Waals surface area (Å²) >= 11 is 0. The number of carbonyl (C=O) groups is 1. The zero-order valence-electron chi connectivity index (χ0n) is 11.4. The molecule has 5 heteroatoms. The third kappa shape index (κ3) is 3.14. The van der Waals surface area contributed by atoms with Gasteiger partial charge in [-0.05, 0) is 44.5 Å². The monoisotopic (exact) mass is 294 g/mol. The first kappa shape index (κ1) is 14.9. The van der Waals surface area contributed by atoms with Crippen molar-refractivity contribution in [2.45, 2.75) is 25.8 Å². The van der Waals surface area contributed by atoms with E-state index in [9.17, 15) is 4.79 Å². The van der Waals surface area contributed by atoms with Gasteiger partial charge in [-0.2, -0.15) is 0 Å². The molecule has 4 nitrogen and oxygen atoms in total. The molecule has 1 fully saturated rings. The van der Waals surface area contributed by atoms with Gasteiger partial charge in [-0.15, -0.1) is 12.4 Å². The zero-order chi connectivity index (χ0) is 13.2. The summed E-state index contributed by atoms with van der Waals surface area (Å²) in [5, 5.41) is 7.25. The van der Waals surface area contributed by atoms with Gasteiger partial charge in [-0.3, -0.25) is 4.79 Å². The average molecular weight is 295 g/mol. The molecule has 1 amide bonds. The van der Waals surface area contributed by atoms with Crippen molar-refractivity contribution < 1.29 is 9.21 Å². The minimum atomic E-state index is -0.137. The minimum absolute atomic E-state index is 0. The summed E-state index contributed by atoms with van der Waals surface area (Å²) < 4.78 is 5.57. The maximum Gasteiger partial charge on any atom is 0.287 e. The van der Waals surface area contributed by atoms with E-state index in [2.05, 4.69) is 10.6 Å². The molecule has 2 aromatic rings. The number of rotatable bonds is 3. The molecule has 0 aliphatic carbocycles. The van der Waals surface area contributed by atoms with Gasteiger partial charge in [0.15, 0.2) is 5.76 Å². The van der Waals surface area contributed by atoms with Gasteiger partial charge < -0.3 is 15.1 Å². The molecule has 0 radical (unpaired) electrons. The summed E-state index contributed by atoms with van der Waals surface area (Å²) in [5.74, 6) is 0.251. The van der Waals surface area contributed by atoms with Crippen LogP contribution in [0.3, 0.4) is 0 Å². The molecule has 1 saturated heterocycles. The van der Waals surface area contributed by atoms with Crippen LogP contribution in [0.2, 0.25) is 0 Å². The van der Waals surface area contributed by atoms with Gasteiger partial charge in [0, 0.05) is 18.0 Å². The largest absolute Gasteiger partial charge is 0.451 e. The molecule has 20 heavy (non-hydrogen) atoms. The first-order valence-electron chi connectivity index (χ1n) is 6.74. The van der Waals surface area contributed by atoms with Gasteiger partial charge in [0.1, 0.15) is 5.58 Å². The Kier molecular flexibility index (Phi) is 4.68. The first-order valence-corrected chi connectivity index (χ1v) is 6.74. The predicted molar refractivity (Wildman–Crippen MR) is 81.6 cm³/mol. The Morgan fingerprint density at radius 1 is 1.45 bits per heavy atom. The molecule has 0 saturated carbocycles. The summed E-state index contributed by atoms with van der Waals surface area (Å²) in [4.78, 5) is 12.0. The van der Waals surface area contributed by atoms with Crippen molar-refractivity contribution in [2.24, 2.45) is 0 Å². The maximum atomic E-state index is 12.0. The number of benzene rings is 1. The van der Waals surface area contributed by atoms with Crippen LogP contribution in [0.1, 0.15) is 29.0 Å². The van der Waals surface area contributed by atoms with Crippen LogP contribution in [0.4, 0.5) is 0 Å². The molecular formula is C15H19ClN2O2. The molecule has 2 N–H and O–H groups in total. The highest BCUT2D eigenvalue weighted by Crippen LogP contribution is 2.20. The van der Waals surface area contributed by atoms with Gasteiger partial charge in [0.05, 0.1) is 0 Å². The molecule has 0 spiro atoms. The number of halogens is 1. The topological polar surface area (TPSA) is 54.3 Å². The Bertz CT molecular complexity index is 603. The van der Waals surface area contributed by atoms with E-state index in [1.54, 1.807) is 6.07 Å². The quantitative estimate of drug-likeness (QED) is 0.915. The Balaban J connectivity index is 0.00000147. The normalized spacial score (nSPS) is 17.9. The molecule has 1 atom stereocenters. The van der Waals surface area contributed by atoms with Crippen molar-refractivity contribution in [1.29, 1.82) is 0 Å². The highest BCUT2D eigenvalue weighted by atomic mass is 35.5. The van der Waals surface area contributed by atoms with Gasteiger partial charge in [-0.1, -0.05) is 11.6 Å². The van der Waals surface area contributed by atoms with E-state index in [-0.39, 0.29) is 18.3 Å². The standard InChI is InChI=1S/C15H18N2O2.ClH/c1-10-4-5-13-11(7-10)8-14(19-13)15(18)17-9-12-3-2-6-16-12;/h4-5,7-8,12,16H,2-3,6,9H2,1H3,(H,17,18);1H. The Labute approximate surface area is 124 Å². The molecule has 2 heterocycles. The molecule has 1 aliphatic heterocycles. The van der Waals surface area contributed by atoms with E-state index in [0.29, 0.717) is 18.3 Å². The van der Waals surface area contributed by atoms with Crippen molar-refractivity contribution in [3.8, 4) is 0 Å². The van der Waals surface area contributed by atoms with Crippen LogP contribution in [0.5, 0.6) is 0 Å². The van der Waals surface area contributed by atoms with E-state index in [4.69, 9.17) is 4.42 Å². The van der Waals surface area contributed by atoms with Crippen molar-refractivity contribution in [1.82, 2.24) is 10.6 Å². The second kappa shape index (κ2) is 6.29. The average Bonchev–Trinajstić information content (AvgIpc) is 3.04. The zero-order valence-corrected chi connectivity index (χ0v) is 12.3. The van der Waals surface area contributed by atoms with Crippen LogP contribution in [0.25, 0.3) is 11.0 Å². The number of fused-ring (bicyclic) bond motifs is 1. The third-order valence-corrected chi connectivity index (χ3v) is 3.57. The molecule has 0 bridgehead atoms. The SMILES string of the molecule is Cc1ccc2oc(C(=O)NCC3CCCN3)cc2c1.Cl. The van der Waals surface area contributed by atoms with Crippen molar-refractivity contribution in [3.05, 3.63) is 35.6 Å². The lowest BCUT2D eigenvalue weighted by molar-refractivity contribution is 0.0925. The van der Waals surface area contributed by atoms with Gasteiger partial charge in [0.2, 0.25) is 0 Å². The number of carbonyl (C=O) groups excluding carboxylic acids is 1. The number of hydrogen-bond donors (Lipinski definition) is 2. The summed E-state index contributed by atoms with van der Waals surface area (Å²) in [6, 6.07) is 8.11. The van der Waals surface area contributed by atoms with Crippen LogP contribution in [-0.4, -0.2) is 25.0 Å². The van der Waals surface area contributed by atoms with Gasteiger partial charge in [0.25, 0.3) is 5.91 Å². The summed E-state index contributed by atoms with van der Waals surface area (Å²) in [7, 11) is 0. The molecule has 1 aliphatic rings. The summed E-state index contributed by atoms with van der Waals surface area (Å²) in [5.41, 5.74) is 1.92. The molecule has 108 valence electrons. The number of amides is 1. The Morgan fingerprint density at radius 3 is 3.05 bits per heavy atom. The number of nitrogens with one attached hydrogen (secondary N) is 2. The summed E-state index contributed by atoms with van der Waals surface area (Å²) in [6.07, 6.45) is 2.31. The van der Waals surface area contributed by atoms with Crippen LogP contribution < -0.4 is 10.6 Å².